The predicted octanol–water partition coefficient (Wildman–Crippen LogP) is 5.98. The maximum Gasteiger partial charge on any atom is 0.328 e. The summed E-state index contributed by atoms with van der Waals surface area (Å²) in [6.45, 7) is 1.79. The molecule has 10 heteroatoms. The summed E-state index contributed by atoms with van der Waals surface area (Å²) in [4.78, 5) is 38.3. The molecule has 0 spiro atoms. The topological polar surface area (TPSA) is 92.2 Å². The van der Waals surface area contributed by atoms with Crippen LogP contribution in [0.3, 0.4) is 0 Å². The highest BCUT2D eigenvalue weighted by atomic mass is 79.9. The quantitative estimate of drug-likeness (QED) is 0.268. The zero-order valence-electron chi connectivity index (χ0n) is 17.7. The van der Waals surface area contributed by atoms with Crippen LogP contribution in [-0.2, 0) is 9.59 Å². The van der Waals surface area contributed by atoms with Crippen LogP contribution in [0.4, 0.5) is 11.4 Å². The molecule has 3 aromatic carbocycles. The predicted molar refractivity (Wildman–Crippen MR) is 138 cm³/mol. The van der Waals surface area contributed by atoms with Crippen LogP contribution in [0.15, 0.2) is 71.2 Å². The Morgan fingerprint density at radius 1 is 0.882 bits per heavy atom. The van der Waals surface area contributed by atoms with Gasteiger partial charge in [0.15, 0.2) is 0 Å². The number of aromatic nitrogens is 1. The van der Waals surface area contributed by atoms with Crippen molar-refractivity contribution in [2.45, 2.75) is 6.92 Å². The highest BCUT2D eigenvalue weighted by Gasteiger charge is 2.21. The van der Waals surface area contributed by atoms with Gasteiger partial charge in [-0.3, -0.25) is 19.8 Å². The number of carbonyl (C=O) groups is 3. The standard InChI is InChI=1S/C24H17BrCl2N4O3/c1-13-18(27)3-2-4-19(13)29-22(32)21-12-14-11-15(25)5-10-20(14)31(21)30-24(34)23(33)28-17-8-6-16(26)7-9-17/h2-12H,1H3,(H,28,33)(H,29,32)(H,30,34). The summed E-state index contributed by atoms with van der Waals surface area (Å²) in [7, 11) is 0. The number of amides is 3. The number of nitrogens with one attached hydrogen (secondary N) is 3. The van der Waals surface area contributed by atoms with Gasteiger partial charge in [-0.25, -0.2) is 4.68 Å². The van der Waals surface area contributed by atoms with Gasteiger partial charge >= 0.3 is 11.8 Å². The normalized spacial score (nSPS) is 10.7. The lowest BCUT2D eigenvalue weighted by atomic mass is 10.2. The van der Waals surface area contributed by atoms with Crippen LogP contribution in [0.2, 0.25) is 10.0 Å². The van der Waals surface area contributed by atoms with Crippen LogP contribution >= 0.6 is 39.1 Å². The smallest absolute Gasteiger partial charge is 0.320 e. The van der Waals surface area contributed by atoms with Crippen molar-refractivity contribution in [3.8, 4) is 0 Å². The summed E-state index contributed by atoms with van der Waals surface area (Å²) >= 11 is 15.4. The molecule has 0 saturated heterocycles. The number of anilines is 2. The molecular weight excluding hydrogens is 543 g/mol. The Balaban J connectivity index is 1.64. The van der Waals surface area contributed by atoms with E-state index in [9.17, 15) is 14.4 Å². The number of carbonyl (C=O) groups excluding carboxylic acids is 3. The molecule has 0 unspecified atom stereocenters. The van der Waals surface area contributed by atoms with E-state index in [1.54, 1.807) is 73.7 Å². The largest absolute Gasteiger partial charge is 0.328 e. The van der Waals surface area contributed by atoms with Crippen LogP contribution in [0.25, 0.3) is 10.9 Å². The van der Waals surface area contributed by atoms with Crippen molar-refractivity contribution in [2.24, 2.45) is 0 Å². The number of hydrogen-bond donors (Lipinski definition) is 3. The van der Waals surface area contributed by atoms with E-state index in [-0.39, 0.29) is 5.69 Å². The molecule has 1 aromatic heterocycles. The Morgan fingerprint density at radius 3 is 2.35 bits per heavy atom. The molecule has 0 radical (unpaired) electrons. The minimum atomic E-state index is -0.955. The summed E-state index contributed by atoms with van der Waals surface area (Å²) in [6, 6.07) is 18.4. The maximum atomic E-state index is 13.2. The number of benzene rings is 3. The molecule has 0 atom stereocenters. The van der Waals surface area contributed by atoms with Gasteiger partial charge in [0.2, 0.25) is 0 Å². The molecule has 0 fully saturated rings. The number of nitrogens with zero attached hydrogens (tertiary/aromatic N) is 1. The first-order valence-electron chi connectivity index (χ1n) is 9.98. The van der Waals surface area contributed by atoms with Crippen LogP contribution < -0.4 is 16.1 Å². The lowest BCUT2D eigenvalue weighted by Gasteiger charge is -2.14. The second-order valence-corrected chi connectivity index (χ2v) is 9.10. The molecule has 0 aliphatic rings. The lowest BCUT2D eigenvalue weighted by Crippen LogP contribution is -2.36. The molecule has 3 amide bonds. The van der Waals surface area contributed by atoms with Crippen LogP contribution in [-0.4, -0.2) is 22.4 Å². The average Bonchev–Trinajstić information content (AvgIpc) is 3.15. The van der Waals surface area contributed by atoms with Gasteiger partial charge in [0.1, 0.15) is 5.69 Å². The Kier molecular flexibility index (Phi) is 6.92. The van der Waals surface area contributed by atoms with Crippen molar-refractivity contribution in [3.63, 3.8) is 0 Å². The van der Waals surface area contributed by atoms with Gasteiger partial charge in [0, 0.05) is 31.3 Å². The number of rotatable bonds is 4. The summed E-state index contributed by atoms with van der Waals surface area (Å²) in [5.41, 5.74) is 4.81. The van der Waals surface area contributed by atoms with E-state index >= 15 is 0 Å². The molecule has 4 rings (SSSR count). The fourth-order valence-corrected chi connectivity index (χ4v) is 3.96. The maximum absolute atomic E-state index is 13.2. The van der Waals surface area contributed by atoms with Crippen LogP contribution in [0, 0.1) is 6.92 Å². The molecule has 4 aromatic rings. The van der Waals surface area contributed by atoms with Crippen LogP contribution in [0.1, 0.15) is 16.1 Å². The molecule has 0 aliphatic heterocycles. The van der Waals surface area contributed by atoms with Crippen molar-refractivity contribution >= 4 is 79.1 Å². The molecule has 34 heavy (non-hydrogen) atoms. The van der Waals surface area contributed by atoms with E-state index in [1.165, 1.54) is 4.68 Å². The molecule has 0 aliphatic carbocycles. The SMILES string of the molecule is Cc1c(Cl)cccc1NC(=O)c1cc2cc(Br)ccc2n1NC(=O)C(=O)Nc1ccc(Cl)cc1. The van der Waals surface area contributed by atoms with E-state index < -0.39 is 17.7 Å². The Hall–Kier alpha value is -3.33. The number of fused-ring (bicyclic) bond motifs is 1. The number of hydrogen-bond acceptors (Lipinski definition) is 3. The summed E-state index contributed by atoms with van der Waals surface area (Å²) < 4.78 is 2.07. The van der Waals surface area contributed by atoms with Gasteiger partial charge in [0.25, 0.3) is 5.91 Å². The van der Waals surface area contributed by atoms with Gasteiger partial charge in [-0.15, -0.1) is 0 Å². The van der Waals surface area contributed by atoms with Gasteiger partial charge in [-0.1, -0.05) is 45.2 Å². The van der Waals surface area contributed by atoms with Crippen molar-refractivity contribution < 1.29 is 14.4 Å². The zero-order chi connectivity index (χ0) is 24.4. The van der Waals surface area contributed by atoms with E-state index in [2.05, 4.69) is 32.0 Å². The highest BCUT2D eigenvalue weighted by Crippen LogP contribution is 2.26. The summed E-state index contributed by atoms with van der Waals surface area (Å²) in [5, 5.41) is 6.99. The van der Waals surface area contributed by atoms with Crippen molar-refractivity contribution in [3.05, 3.63) is 92.5 Å². The third-order valence-electron chi connectivity index (χ3n) is 5.03. The molecule has 3 N–H and O–H groups in total. The van der Waals surface area contributed by atoms with E-state index in [1.807, 2.05) is 0 Å². The third kappa shape index (κ3) is 5.09. The molecule has 7 nitrogen and oxygen atoms in total. The molecule has 0 saturated carbocycles. The fraction of sp³-hybridized carbons (Fsp3) is 0.0417. The van der Waals surface area contributed by atoms with Gasteiger partial charge in [0.05, 0.1) is 5.52 Å². The first-order valence-corrected chi connectivity index (χ1v) is 11.5. The summed E-state index contributed by atoms with van der Waals surface area (Å²) in [6.07, 6.45) is 0. The Morgan fingerprint density at radius 2 is 1.62 bits per heavy atom. The second-order valence-electron chi connectivity index (χ2n) is 7.34. The second kappa shape index (κ2) is 9.89. The summed E-state index contributed by atoms with van der Waals surface area (Å²) in [5.74, 6) is -2.35. The lowest BCUT2D eigenvalue weighted by molar-refractivity contribution is -0.133. The third-order valence-corrected chi connectivity index (χ3v) is 6.19. The average molecular weight is 560 g/mol. The molecule has 0 bridgehead atoms. The molecule has 172 valence electrons. The Bertz CT molecular complexity index is 1430. The Labute approximate surface area is 213 Å². The molecule has 1 heterocycles. The van der Waals surface area contributed by atoms with Gasteiger partial charge in [-0.2, -0.15) is 0 Å². The van der Waals surface area contributed by atoms with Crippen molar-refractivity contribution in [1.29, 1.82) is 0 Å². The van der Waals surface area contributed by atoms with Gasteiger partial charge < -0.3 is 10.6 Å². The fourth-order valence-electron chi connectivity index (χ4n) is 3.28. The highest BCUT2D eigenvalue weighted by molar-refractivity contribution is 9.10. The number of halogens is 3. The van der Waals surface area contributed by atoms with Gasteiger partial charge in [-0.05, 0) is 73.2 Å². The molecular formula is C24H17BrCl2N4O3. The minimum Gasteiger partial charge on any atom is -0.320 e. The van der Waals surface area contributed by atoms with E-state index in [0.29, 0.717) is 37.9 Å². The van der Waals surface area contributed by atoms with E-state index in [4.69, 9.17) is 23.2 Å². The first-order chi connectivity index (χ1) is 16.2. The monoisotopic (exact) mass is 558 g/mol. The van der Waals surface area contributed by atoms with E-state index in [0.717, 1.165) is 4.47 Å². The van der Waals surface area contributed by atoms with Crippen molar-refractivity contribution in [2.75, 3.05) is 16.1 Å². The zero-order valence-corrected chi connectivity index (χ0v) is 20.8. The van der Waals surface area contributed by atoms with Crippen LogP contribution in [0.5, 0.6) is 0 Å². The minimum absolute atomic E-state index is 0.125. The van der Waals surface area contributed by atoms with Crippen molar-refractivity contribution in [1.82, 2.24) is 4.68 Å². The first kappa shape index (κ1) is 23.8.